The van der Waals surface area contributed by atoms with Crippen LogP contribution in [0.2, 0.25) is 5.02 Å². The molecule has 0 amide bonds. The molecule has 1 N–H and O–H groups in total. The maximum Gasteiger partial charge on any atom is 0.0453 e. The number of halogens is 1. The number of hydrogen-bond donors (Lipinski definition) is 1. The van der Waals surface area contributed by atoms with Crippen LogP contribution in [0.4, 0.5) is 0 Å². The third kappa shape index (κ3) is 2.49. The third-order valence-corrected chi connectivity index (χ3v) is 3.13. The van der Waals surface area contributed by atoms with Crippen molar-refractivity contribution < 1.29 is 0 Å². The van der Waals surface area contributed by atoms with Crippen LogP contribution in [-0.2, 0) is 0 Å². The molecule has 1 nitrogen and oxygen atoms in total. The fourth-order valence-corrected chi connectivity index (χ4v) is 1.90. The Bertz CT molecular complexity index is 307. The van der Waals surface area contributed by atoms with Gasteiger partial charge in [-0.05, 0) is 43.9 Å². The van der Waals surface area contributed by atoms with Crippen molar-refractivity contribution in [3.05, 3.63) is 34.9 Å². The van der Waals surface area contributed by atoms with Crippen LogP contribution in [0, 0.1) is 5.92 Å². The second-order valence-corrected chi connectivity index (χ2v) is 4.50. The average Bonchev–Trinajstić information content (AvgIpc) is 2.98. The highest BCUT2D eigenvalue weighted by atomic mass is 35.5. The second kappa shape index (κ2) is 4.33. The van der Waals surface area contributed by atoms with E-state index in [2.05, 4.69) is 18.3 Å². The van der Waals surface area contributed by atoms with Gasteiger partial charge in [-0.1, -0.05) is 29.8 Å². The first-order valence-corrected chi connectivity index (χ1v) is 5.63. The Morgan fingerprint density at radius 2 is 2.14 bits per heavy atom. The summed E-state index contributed by atoms with van der Waals surface area (Å²) >= 11 is 6.11. The molecule has 1 atom stereocenters. The summed E-state index contributed by atoms with van der Waals surface area (Å²) in [5.74, 6) is 0.917. The lowest BCUT2D eigenvalue weighted by molar-refractivity contribution is 0.549. The molecule has 0 aromatic heterocycles. The molecule has 0 aliphatic heterocycles. The van der Waals surface area contributed by atoms with Gasteiger partial charge in [0.05, 0.1) is 0 Å². The summed E-state index contributed by atoms with van der Waals surface area (Å²) in [6, 6.07) is 8.42. The zero-order valence-corrected chi connectivity index (χ0v) is 9.22. The van der Waals surface area contributed by atoms with Crippen LogP contribution >= 0.6 is 11.6 Å². The summed E-state index contributed by atoms with van der Waals surface area (Å²) in [5.41, 5.74) is 1.20. The van der Waals surface area contributed by atoms with E-state index in [1.165, 1.54) is 18.4 Å². The van der Waals surface area contributed by atoms with Gasteiger partial charge in [0.25, 0.3) is 0 Å². The minimum atomic E-state index is 0.365. The summed E-state index contributed by atoms with van der Waals surface area (Å²) in [6.07, 6.45) is 2.78. The SMILES string of the molecule is C[C@H](NCC1CC1)c1ccccc1Cl. The molecule has 1 aliphatic carbocycles. The molecule has 0 saturated heterocycles. The summed E-state index contributed by atoms with van der Waals surface area (Å²) in [7, 11) is 0. The maximum absolute atomic E-state index is 6.11. The summed E-state index contributed by atoms with van der Waals surface area (Å²) in [4.78, 5) is 0. The van der Waals surface area contributed by atoms with E-state index < -0.39 is 0 Å². The normalized spacial score (nSPS) is 18.1. The predicted octanol–water partition coefficient (Wildman–Crippen LogP) is 3.40. The monoisotopic (exact) mass is 209 g/mol. The fraction of sp³-hybridized carbons (Fsp3) is 0.500. The van der Waals surface area contributed by atoms with Crippen molar-refractivity contribution in [1.29, 1.82) is 0 Å². The Balaban J connectivity index is 1.95. The highest BCUT2D eigenvalue weighted by Crippen LogP contribution is 2.29. The van der Waals surface area contributed by atoms with E-state index in [-0.39, 0.29) is 0 Å². The van der Waals surface area contributed by atoms with E-state index in [0.29, 0.717) is 6.04 Å². The van der Waals surface area contributed by atoms with Gasteiger partial charge in [0.2, 0.25) is 0 Å². The molecule has 0 radical (unpaired) electrons. The van der Waals surface area contributed by atoms with Crippen LogP contribution in [0.3, 0.4) is 0 Å². The zero-order chi connectivity index (χ0) is 9.97. The third-order valence-electron chi connectivity index (χ3n) is 2.78. The summed E-state index contributed by atoms with van der Waals surface area (Å²) < 4.78 is 0. The lowest BCUT2D eigenvalue weighted by Crippen LogP contribution is -2.21. The standard InChI is InChI=1S/C12H16ClN/c1-9(14-8-10-6-7-10)11-4-2-3-5-12(11)13/h2-5,9-10,14H,6-8H2,1H3/t9-/m0/s1. The fourth-order valence-electron chi connectivity index (χ4n) is 1.60. The largest absolute Gasteiger partial charge is 0.310 e. The molecule has 1 aromatic rings. The smallest absolute Gasteiger partial charge is 0.0453 e. The van der Waals surface area contributed by atoms with Crippen molar-refractivity contribution in [2.45, 2.75) is 25.8 Å². The van der Waals surface area contributed by atoms with E-state index in [4.69, 9.17) is 11.6 Å². The van der Waals surface area contributed by atoms with E-state index in [1.54, 1.807) is 0 Å². The highest BCUT2D eigenvalue weighted by Gasteiger charge is 2.21. The van der Waals surface area contributed by atoms with Crippen molar-refractivity contribution in [1.82, 2.24) is 5.32 Å². The minimum Gasteiger partial charge on any atom is -0.310 e. The van der Waals surface area contributed by atoms with Gasteiger partial charge in [0.15, 0.2) is 0 Å². The van der Waals surface area contributed by atoms with E-state index in [0.717, 1.165) is 17.5 Å². The van der Waals surface area contributed by atoms with Crippen molar-refractivity contribution >= 4 is 11.6 Å². The maximum atomic E-state index is 6.11. The Hall–Kier alpha value is -0.530. The van der Waals surface area contributed by atoms with Gasteiger partial charge in [0, 0.05) is 11.1 Å². The van der Waals surface area contributed by atoms with Gasteiger partial charge < -0.3 is 5.32 Å². The molecule has 1 aromatic carbocycles. The van der Waals surface area contributed by atoms with Crippen LogP contribution in [-0.4, -0.2) is 6.54 Å². The Morgan fingerprint density at radius 1 is 1.43 bits per heavy atom. The number of nitrogens with one attached hydrogen (secondary N) is 1. The molecular weight excluding hydrogens is 194 g/mol. The lowest BCUT2D eigenvalue weighted by Gasteiger charge is -2.15. The highest BCUT2D eigenvalue weighted by molar-refractivity contribution is 6.31. The van der Waals surface area contributed by atoms with Crippen LogP contribution in [0.1, 0.15) is 31.4 Å². The molecule has 0 spiro atoms. The summed E-state index contributed by atoms with van der Waals surface area (Å²) in [5, 5.41) is 4.38. The Kier molecular flexibility index (Phi) is 3.09. The topological polar surface area (TPSA) is 12.0 Å². The average molecular weight is 210 g/mol. The first-order valence-electron chi connectivity index (χ1n) is 5.25. The van der Waals surface area contributed by atoms with Gasteiger partial charge in [-0.15, -0.1) is 0 Å². The van der Waals surface area contributed by atoms with Gasteiger partial charge in [0.1, 0.15) is 0 Å². The van der Waals surface area contributed by atoms with E-state index in [1.807, 2.05) is 18.2 Å². The molecule has 2 rings (SSSR count). The number of benzene rings is 1. The van der Waals surface area contributed by atoms with Crippen LogP contribution in [0.5, 0.6) is 0 Å². The molecule has 0 bridgehead atoms. The second-order valence-electron chi connectivity index (χ2n) is 4.09. The van der Waals surface area contributed by atoms with Crippen molar-refractivity contribution in [2.75, 3.05) is 6.54 Å². The van der Waals surface area contributed by atoms with Crippen LogP contribution < -0.4 is 5.32 Å². The minimum absolute atomic E-state index is 0.365. The quantitative estimate of drug-likeness (QED) is 0.802. The number of hydrogen-bond acceptors (Lipinski definition) is 1. The molecule has 1 fully saturated rings. The predicted molar refractivity (Wildman–Crippen MR) is 60.6 cm³/mol. The van der Waals surface area contributed by atoms with Crippen LogP contribution in [0.25, 0.3) is 0 Å². The Labute approximate surface area is 90.5 Å². The molecule has 1 aliphatic rings. The first-order chi connectivity index (χ1) is 6.77. The molecule has 0 unspecified atom stereocenters. The van der Waals surface area contributed by atoms with Crippen molar-refractivity contribution in [3.63, 3.8) is 0 Å². The molecule has 0 heterocycles. The zero-order valence-electron chi connectivity index (χ0n) is 8.46. The molecule has 1 saturated carbocycles. The van der Waals surface area contributed by atoms with Gasteiger partial charge in [-0.3, -0.25) is 0 Å². The van der Waals surface area contributed by atoms with Crippen molar-refractivity contribution in [3.8, 4) is 0 Å². The van der Waals surface area contributed by atoms with Crippen LogP contribution in [0.15, 0.2) is 24.3 Å². The summed E-state index contributed by atoms with van der Waals surface area (Å²) in [6.45, 7) is 3.30. The lowest BCUT2D eigenvalue weighted by atomic mass is 10.1. The number of rotatable bonds is 4. The van der Waals surface area contributed by atoms with Gasteiger partial charge in [-0.25, -0.2) is 0 Å². The molecular formula is C12H16ClN. The van der Waals surface area contributed by atoms with E-state index >= 15 is 0 Å². The molecule has 14 heavy (non-hydrogen) atoms. The van der Waals surface area contributed by atoms with E-state index in [9.17, 15) is 0 Å². The van der Waals surface area contributed by atoms with Gasteiger partial charge >= 0.3 is 0 Å². The Morgan fingerprint density at radius 3 is 2.79 bits per heavy atom. The van der Waals surface area contributed by atoms with Gasteiger partial charge in [-0.2, -0.15) is 0 Å². The molecule has 76 valence electrons. The first kappa shape index (κ1) is 10.0. The van der Waals surface area contributed by atoms with Crippen molar-refractivity contribution in [2.24, 2.45) is 5.92 Å². The molecule has 2 heteroatoms.